The smallest absolute Gasteiger partial charge is 0.173 e. The molecule has 29 heavy (non-hydrogen) atoms. The fraction of sp³-hybridized carbons (Fsp3) is 0.435. The molecular weight excluding hydrogens is 366 g/mol. The lowest BCUT2D eigenvalue weighted by molar-refractivity contribution is 0.0215. The summed E-state index contributed by atoms with van der Waals surface area (Å²) < 4.78 is 11.0. The Morgan fingerprint density at radius 3 is 3.00 bits per heavy atom. The summed E-state index contributed by atoms with van der Waals surface area (Å²) in [5.41, 5.74) is 4.58. The third-order valence-corrected chi connectivity index (χ3v) is 7.55. The highest BCUT2D eigenvalue weighted by Gasteiger charge is 2.56. The number of methoxy groups -OCH3 is 1. The summed E-state index contributed by atoms with van der Waals surface area (Å²) in [5.74, 6) is 2.89. The summed E-state index contributed by atoms with van der Waals surface area (Å²) in [7, 11) is 3.86. The Bertz CT molecular complexity index is 1090. The Hall–Kier alpha value is -2.73. The molecule has 1 saturated heterocycles. The highest BCUT2D eigenvalue weighted by atomic mass is 16.5. The SMILES string of the molecule is COc1ccc2c(c1O)[C@@]13CCN(C)[C@@H](C2)[C@H]1Cc1nc(-c2ccco2)[nH]c1C3. The number of imidazole rings is 1. The van der Waals surface area contributed by atoms with Crippen molar-refractivity contribution in [2.24, 2.45) is 5.92 Å². The molecule has 2 N–H and O–H groups in total. The van der Waals surface area contributed by atoms with Gasteiger partial charge in [0.2, 0.25) is 0 Å². The zero-order chi connectivity index (χ0) is 19.8. The highest BCUT2D eigenvalue weighted by Crippen LogP contribution is 2.57. The molecule has 0 spiro atoms. The van der Waals surface area contributed by atoms with Crippen LogP contribution < -0.4 is 4.74 Å². The first kappa shape index (κ1) is 17.2. The van der Waals surface area contributed by atoms with E-state index in [2.05, 4.69) is 23.0 Å². The van der Waals surface area contributed by atoms with E-state index < -0.39 is 0 Å². The van der Waals surface area contributed by atoms with Gasteiger partial charge in [0.15, 0.2) is 23.1 Å². The average molecular weight is 391 g/mol. The van der Waals surface area contributed by atoms with Gasteiger partial charge in [-0.05, 0) is 69.0 Å². The lowest BCUT2D eigenvalue weighted by Crippen LogP contribution is -2.61. The molecule has 6 rings (SSSR count). The van der Waals surface area contributed by atoms with Crippen LogP contribution in [-0.2, 0) is 24.7 Å². The van der Waals surface area contributed by atoms with Gasteiger partial charge in [-0.3, -0.25) is 0 Å². The summed E-state index contributed by atoms with van der Waals surface area (Å²) in [4.78, 5) is 10.9. The van der Waals surface area contributed by atoms with Crippen molar-refractivity contribution in [1.82, 2.24) is 14.9 Å². The summed E-state index contributed by atoms with van der Waals surface area (Å²) in [5, 5.41) is 11.2. The maximum atomic E-state index is 11.2. The van der Waals surface area contributed by atoms with E-state index in [0.29, 0.717) is 23.5 Å². The molecule has 3 aliphatic rings. The minimum absolute atomic E-state index is 0.0939. The van der Waals surface area contributed by atoms with Crippen molar-refractivity contribution < 1.29 is 14.3 Å². The number of nitrogens with zero attached hydrogens (tertiary/aromatic N) is 2. The van der Waals surface area contributed by atoms with Crippen LogP contribution >= 0.6 is 0 Å². The molecule has 3 atom stereocenters. The number of H-pyrrole nitrogens is 1. The van der Waals surface area contributed by atoms with Crippen molar-refractivity contribution in [2.75, 3.05) is 20.7 Å². The molecule has 3 aromatic rings. The minimum atomic E-state index is -0.0939. The summed E-state index contributed by atoms with van der Waals surface area (Å²) in [6, 6.07) is 8.33. The van der Waals surface area contributed by atoms with Gasteiger partial charge in [-0.2, -0.15) is 0 Å². The second-order valence-corrected chi connectivity index (χ2v) is 8.78. The van der Waals surface area contributed by atoms with Crippen molar-refractivity contribution in [2.45, 2.75) is 37.1 Å². The quantitative estimate of drug-likeness (QED) is 0.701. The van der Waals surface area contributed by atoms with Crippen LogP contribution in [0.25, 0.3) is 11.6 Å². The van der Waals surface area contributed by atoms with Crippen LogP contribution in [0.4, 0.5) is 0 Å². The number of phenolic OH excluding ortho intramolecular Hbond substituents is 1. The van der Waals surface area contributed by atoms with E-state index in [-0.39, 0.29) is 5.41 Å². The van der Waals surface area contributed by atoms with Crippen molar-refractivity contribution >= 4 is 0 Å². The van der Waals surface area contributed by atoms with Gasteiger partial charge in [0.25, 0.3) is 0 Å². The summed E-state index contributed by atoms with van der Waals surface area (Å²) in [6.45, 7) is 1.03. The fourth-order valence-corrected chi connectivity index (χ4v) is 6.19. The molecule has 0 radical (unpaired) electrons. The van der Waals surface area contributed by atoms with Gasteiger partial charge in [0.05, 0.1) is 19.1 Å². The molecule has 1 aromatic carbocycles. The number of nitrogens with one attached hydrogen (secondary N) is 1. The number of fused-ring (bicyclic) bond motifs is 2. The van der Waals surface area contributed by atoms with Crippen LogP contribution in [0.2, 0.25) is 0 Å². The van der Waals surface area contributed by atoms with E-state index in [0.717, 1.165) is 55.1 Å². The van der Waals surface area contributed by atoms with Crippen LogP contribution in [0.5, 0.6) is 11.5 Å². The van der Waals surface area contributed by atoms with E-state index in [9.17, 15) is 5.11 Å². The molecule has 0 amide bonds. The first-order valence-corrected chi connectivity index (χ1v) is 10.3. The number of hydrogen-bond donors (Lipinski definition) is 2. The van der Waals surface area contributed by atoms with Crippen LogP contribution in [-0.4, -0.2) is 46.7 Å². The van der Waals surface area contributed by atoms with Gasteiger partial charge in [0.1, 0.15) is 0 Å². The topological polar surface area (TPSA) is 74.5 Å². The molecule has 0 unspecified atom stereocenters. The molecule has 1 aliphatic heterocycles. The van der Waals surface area contributed by atoms with Gasteiger partial charge in [-0.25, -0.2) is 4.98 Å². The number of benzene rings is 1. The zero-order valence-corrected chi connectivity index (χ0v) is 16.7. The number of furan rings is 1. The number of likely N-dealkylation sites (N-methyl/N-ethyl adjacent to an activating group) is 1. The normalized spacial score (nSPS) is 27.8. The third-order valence-electron chi connectivity index (χ3n) is 7.55. The molecule has 0 saturated carbocycles. The molecule has 2 aliphatic carbocycles. The van der Waals surface area contributed by atoms with Crippen molar-refractivity contribution in [1.29, 1.82) is 0 Å². The standard InChI is InChI=1S/C23H25N3O3/c1-26-8-7-23-12-16-15(24-22(25-16)19-4-3-9-29-19)11-14(23)17(26)10-13-5-6-18(28-2)21(27)20(13)23/h3-6,9,14,17,27H,7-8,10-12H2,1-2H3,(H,24,25)/t14-,17+,23-/m1/s1. The van der Waals surface area contributed by atoms with Gasteiger partial charge < -0.3 is 24.1 Å². The number of aromatic hydroxyl groups is 1. The van der Waals surface area contributed by atoms with Crippen LogP contribution in [0.3, 0.4) is 0 Å². The van der Waals surface area contributed by atoms with Crippen molar-refractivity contribution in [3.05, 3.63) is 53.0 Å². The van der Waals surface area contributed by atoms with E-state index in [1.165, 1.54) is 11.3 Å². The molecule has 6 heteroatoms. The Morgan fingerprint density at radius 1 is 1.31 bits per heavy atom. The molecule has 3 heterocycles. The second kappa shape index (κ2) is 5.89. The van der Waals surface area contributed by atoms with E-state index in [1.54, 1.807) is 13.4 Å². The monoisotopic (exact) mass is 391 g/mol. The van der Waals surface area contributed by atoms with Crippen molar-refractivity contribution in [3.8, 4) is 23.1 Å². The predicted molar refractivity (Wildman–Crippen MR) is 108 cm³/mol. The number of rotatable bonds is 2. The Labute approximate surface area is 169 Å². The molecule has 150 valence electrons. The summed E-state index contributed by atoms with van der Waals surface area (Å²) in [6.07, 6.45) is 5.43. The highest BCUT2D eigenvalue weighted by molar-refractivity contribution is 5.58. The maximum absolute atomic E-state index is 11.2. The van der Waals surface area contributed by atoms with E-state index >= 15 is 0 Å². The van der Waals surface area contributed by atoms with Crippen LogP contribution in [0.1, 0.15) is 28.9 Å². The Kier molecular flexibility index (Phi) is 3.48. The van der Waals surface area contributed by atoms with Crippen molar-refractivity contribution in [3.63, 3.8) is 0 Å². The van der Waals surface area contributed by atoms with Gasteiger partial charge in [-0.1, -0.05) is 6.07 Å². The number of likely N-dealkylation sites (tertiary alicyclic amines) is 1. The lowest BCUT2D eigenvalue weighted by Gasteiger charge is -2.57. The number of hydrogen-bond acceptors (Lipinski definition) is 5. The molecule has 6 nitrogen and oxygen atoms in total. The van der Waals surface area contributed by atoms with Crippen LogP contribution in [0, 0.1) is 5.92 Å². The first-order chi connectivity index (χ1) is 14.1. The first-order valence-electron chi connectivity index (χ1n) is 10.3. The van der Waals surface area contributed by atoms with Gasteiger partial charge in [0, 0.05) is 22.7 Å². The fourth-order valence-electron chi connectivity index (χ4n) is 6.19. The van der Waals surface area contributed by atoms with E-state index in [1.807, 2.05) is 18.2 Å². The number of piperidine rings is 1. The Morgan fingerprint density at radius 2 is 2.21 bits per heavy atom. The number of ether oxygens (including phenoxy) is 1. The Balaban J connectivity index is 1.54. The molecular formula is C23H25N3O3. The largest absolute Gasteiger partial charge is 0.504 e. The summed E-state index contributed by atoms with van der Waals surface area (Å²) >= 11 is 0. The average Bonchev–Trinajstić information content (AvgIpc) is 3.38. The molecule has 2 bridgehead atoms. The maximum Gasteiger partial charge on any atom is 0.173 e. The number of aromatic amines is 1. The second-order valence-electron chi connectivity index (χ2n) is 8.78. The minimum Gasteiger partial charge on any atom is -0.504 e. The molecule has 1 fully saturated rings. The molecule has 2 aromatic heterocycles. The number of aromatic nitrogens is 2. The van der Waals surface area contributed by atoms with Gasteiger partial charge in [-0.15, -0.1) is 0 Å². The third kappa shape index (κ3) is 2.23. The lowest BCUT2D eigenvalue weighted by atomic mass is 9.52. The predicted octanol–water partition coefficient (Wildman–Crippen LogP) is 3.30. The van der Waals surface area contributed by atoms with Crippen LogP contribution in [0.15, 0.2) is 34.9 Å². The van der Waals surface area contributed by atoms with Gasteiger partial charge >= 0.3 is 0 Å². The van der Waals surface area contributed by atoms with E-state index in [4.69, 9.17) is 14.1 Å². The zero-order valence-electron chi connectivity index (χ0n) is 16.7. The number of phenols is 1.